The summed E-state index contributed by atoms with van der Waals surface area (Å²) in [5, 5.41) is 3.41. The third-order valence-electron chi connectivity index (χ3n) is 3.29. The number of hydrogen-bond acceptors (Lipinski definition) is 2. The smallest absolute Gasteiger partial charge is 0.0732 e. The Kier molecular flexibility index (Phi) is 4.60. The SMILES string of the molecule is CNC(CCC(C)(C)C)C1CCC(C)O1. The highest BCUT2D eigenvalue weighted by Gasteiger charge is 2.29. The van der Waals surface area contributed by atoms with Gasteiger partial charge in [-0.2, -0.15) is 0 Å². The van der Waals surface area contributed by atoms with Gasteiger partial charge in [-0.1, -0.05) is 20.8 Å². The van der Waals surface area contributed by atoms with Crippen LogP contribution in [0.3, 0.4) is 0 Å². The Morgan fingerprint density at radius 1 is 1.33 bits per heavy atom. The molecule has 3 atom stereocenters. The summed E-state index contributed by atoms with van der Waals surface area (Å²) < 4.78 is 5.92. The molecule has 0 bridgehead atoms. The van der Waals surface area contributed by atoms with Gasteiger partial charge in [0.15, 0.2) is 0 Å². The molecule has 1 N–H and O–H groups in total. The monoisotopic (exact) mass is 213 g/mol. The van der Waals surface area contributed by atoms with E-state index in [9.17, 15) is 0 Å². The molecule has 3 unspecified atom stereocenters. The van der Waals surface area contributed by atoms with Gasteiger partial charge in [0.2, 0.25) is 0 Å². The normalized spacial score (nSPS) is 29.4. The number of hydrogen-bond donors (Lipinski definition) is 1. The van der Waals surface area contributed by atoms with Crippen molar-refractivity contribution in [3.05, 3.63) is 0 Å². The van der Waals surface area contributed by atoms with Crippen molar-refractivity contribution in [3.63, 3.8) is 0 Å². The second-order valence-corrected chi connectivity index (χ2v) is 6.06. The van der Waals surface area contributed by atoms with Crippen LogP contribution in [0.4, 0.5) is 0 Å². The summed E-state index contributed by atoms with van der Waals surface area (Å²) in [4.78, 5) is 0. The average Bonchev–Trinajstić information content (AvgIpc) is 2.51. The highest BCUT2D eigenvalue weighted by Crippen LogP contribution is 2.27. The number of likely N-dealkylation sites (N-methyl/N-ethyl adjacent to an activating group) is 1. The molecule has 0 amide bonds. The van der Waals surface area contributed by atoms with E-state index in [2.05, 4.69) is 40.1 Å². The molecule has 0 aromatic heterocycles. The van der Waals surface area contributed by atoms with Crippen LogP contribution in [-0.2, 0) is 4.74 Å². The molecular weight excluding hydrogens is 186 g/mol. The van der Waals surface area contributed by atoms with E-state index in [0.29, 0.717) is 23.7 Å². The van der Waals surface area contributed by atoms with E-state index in [-0.39, 0.29) is 0 Å². The van der Waals surface area contributed by atoms with Gasteiger partial charge in [-0.3, -0.25) is 0 Å². The van der Waals surface area contributed by atoms with Crippen molar-refractivity contribution in [2.45, 2.75) is 71.6 Å². The van der Waals surface area contributed by atoms with Crippen molar-refractivity contribution < 1.29 is 4.74 Å². The van der Waals surface area contributed by atoms with Crippen molar-refractivity contribution in [1.82, 2.24) is 5.32 Å². The summed E-state index contributed by atoms with van der Waals surface area (Å²) in [5.41, 5.74) is 0.430. The Labute approximate surface area is 94.8 Å². The molecule has 1 rings (SSSR count). The molecule has 0 aromatic carbocycles. The Bertz CT molecular complexity index is 185. The molecule has 0 aliphatic carbocycles. The molecule has 1 heterocycles. The highest BCUT2D eigenvalue weighted by molar-refractivity contribution is 4.83. The molecule has 0 saturated carbocycles. The molecule has 15 heavy (non-hydrogen) atoms. The maximum atomic E-state index is 5.92. The lowest BCUT2D eigenvalue weighted by molar-refractivity contribution is 0.0294. The fourth-order valence-electron chi connectivity index (χ4n) is 2.23. The van der Waals surface area contributed by atoms with Gasteiger partial charge in [-0.05, 0) is 45.1 Å². The van der Waals surface area contributed by atoms with Crippen molar-refractivity contribution >= 4 is 0 Å². The van der Waals surface area contributed by atoms with Gasteiger partial charge in [-0.15, -0.1) is 0 Å². The van der Waals surface area contributed by atoms with Gasteiger partial charge in [0.05, 0.1) is 12.2 Å². The van der Waals surface area contributed by atoms with E-state index in [1.807, 2.05) is 0 Å². The van der Waals surface area contributed by atoms with Crippen LogP contribution in [0, 0.1) is 5.41 Å². The van der Waals surface area contributed by atoms with Gasteiger partial charge >= 0.3 is 0 Å². The lowest BCUT2D eigenvalue weighted by atomic mass is 9.87. The molecule has 0 radical (unpaired) electrons. The van der Waals surface area contributed by atoms with Crippen LogP contribution in [0.1, 0.15) is 53.4 Å². The summed E-state index contributed by atoms with van der Waals surface area (Å²) in [6.45, 7) is 9.09. The molecule has 0 aromatic rings. The fourth-order valence-corrected chi connectivity index (χ4v) is 2.23. The van der Waals surface area contributed by atoms with E-state index in [4.69, 9.17) is 4.74 Å². The van der Waals surface area contributed by atoms with Crippen LogP contribution < -0.4 is 5.32 Å². The second-order valence-electron chi connectivity index (χ2n) is 6.06. The van der Waals surface area contributed by atoms with Crippen LogP contribution in [0.25, 0.3) is 0 Å². The molecule has 2 heteroatoms. The molecule has 1 aliphatic heterocycles. The van der Waals surface area contributed by atoms with E-state index >= 15 is 0 Å². The zero-order valence-electron chi connectivity index (χ0n) is 11.0. The average molecular weight is 213 g/mol. The third-order valence-corrected chi connectivity index (χ3v) is 3.29. The minimum Gasteiger partial charge on any atom is -0.374 e. The predicted molar refractivity (Wildman–Crippen MR) is 65.1 cm³/mol. The molecule has 1 aliphatic rings. The minimum absolute atomic E-state index is 0.430. The summed E-state index contributed by atoms with van der Waals surface area (Å²) in [5.74, 6) is 0. The standard InChI is InChI=1S/C13H27NO/c1-10-6-7-12(15-10)11(14-5)8-9-13(2,3)4/h10-12,14H,6-9H2,1-5H3. The largest absolute Gasteiger partial charge is 0.374 e. The van der Waals surface area contributed by atoms with E-state index < -0.39 is 0 Å². The van der Waals surface area contributed by atoms with Crippen molar-refractivity contribution in [2.24, 2.45) is 5.41 Å². The van der Waals surface area contributed by atoms with Gasteiger partial charge in [0.25, 0.3) is 0 Å². The summed E-state index contributed by atoms with van der Waals surface area (Å²) in [6, 6.07) is 0.536. The van der Waals surface area contributed by atoms with Gasteiger partial charge in [0.1, 0.15) is 0 Å². The molecular formula is C13H27NO. The third kappa shape index (κ3) is 4.52. The first-order valence-corrected chi connectivity index (χ1v) is 6.25. The molecule has 90 valence electrons. The van der Waals surface area contributed by atoms with E-state index in [1.54, 1.807) is 0 Å². The minimum atomic E-state index is 0.430. The molecule has 1 fully saturated rings. The van der Waals surface area contributed by atoms with E-state index in [1.165, 1.54) is 25.7 Å². The van der Waals surface area contributed by atoms with Gasteiger partial charge in [-0.25, -0.2) is 0 Å². The van der Waals surface area contributed by atoms with Crippen LogP contribution in [-0.4, -0.2) is 25.3 Å². The predicted octanol–water partition coefficient (Wildman–Crippen LogP) is 2.97. The van der Waals surface area contributed by atoms with E-state index in [0.717, 1.165) is 0 Å². The topological polar surface area (TPSA) is 21.3 Å². The zero-order valence-corrected chi connectivity index (χ0v) is 11.0. The van der Waals surface area contributed by atoms with Crippen LogP contribution in [0.2, 0.25) is 0 Å². The summed E-state index contributed by atoms with van der Waals surface area (Å²) in [7, 11) is 2.06. The number of rotatable bonds is 4. The summed E-state index contributed by atoms with van der Waals surface area (Å²) in [6.07, 6.45) is 5.81. The molecule has 2 nitrogen and oxygen atoms in total. The zero-order chi connectivity index (χ0) is 11.5. The maximum Gasteiger partial charge on any atom is 0.0732 e. The fraction of sp³-hybridized carbons (Fsp3) is 1.00. The van der Waals surface area contributed by atoms with Gasteiger partial charge < -0.3 is 10.1 Å². The first-order chi connectivity index (χ1) is 6.92. The lowest BCUT2D eigenvalue weighted by Crippen LogP contribution is -2.38. The van der Waals surface area contributed by atoms with Crippen LogP contribution in [0.15, 0.2) is 0 Å². The van der Waals surface area contributed by atoms with Crippen LogP contribution in [0.5, 0.6) is 0 Å². The Hall–Kier alpha value is -0.0800. The van der Waals surface area contributed by atoms with Crippen molar-refractivity contribution in [2.75, 3.05) is 7.05 Å². The highest BCUT2D eigenvalue weighted by atomic mass is 16.5. The van der Waals surface area contributed by atoms with Crippen molar-refractivity contribution in [1.29, 1.82) is 0 Å². The van der Waals surface area contributed by atoms with Crippen molar-refractivity contribution in [3.8, 4) is 0 Å². The molecule has 1 saturated heterocycles. The van der Waals surface area contributed by atoms with Gasteiger partial charge in [0, 0.05) is 6.04 Å². The first-order valence-electron chi connectivity index (χ1n) is 6.25. The quantitative estimate of drug-likeness (QED) is 0.775. The first kappa shape index (κ1) is 13.0. The Balaban J connectivity index is 2.36. The Morgan fingerprint density at radius 2 is 2.00 bits per heavy atom. The second kappa shape index (κ2) is 5.31. The number of nitrogens with one attached hydrogen (secondary N) is 1. The molecule has 0 spiro atoms. The Morgan fingerprint density at radius 3 is 2.40 bits per heavy atom. The number of ether oxygens (including phenoxy) is 1. The maximum absolute atomic E-state index is 5.92. The lowest BCUT2D eigenvalue weighted by Gasteiger charge is -2.27. The van der Waals surface area contributed by atoms with Crippen LogP contribution >= 0.6 is 0 Å². The summed E-state index contributed by atoms with van der Waals surface area (Å²) >= 11 is 0.